The number of benzene rings is 2. The summed E-state index contributed by atoms with van der Waals surface area (Å²) in [4.78, 5) is 8.93. The zero-order valence-electron chi connectivity index (χ0n) is 13.1. The summed E-state index contributed by atoms with van der Waals surface area (Å²) >= 11 is 0. The Morgan fingerprint density at radius 1 is 0.826 bits per heavy atom. The molecule has 0 atom stereocenters. The van der Waals surface area contributed by atoms with Gasteiger partial charge < -0.3 is 15.4 Å². The molecule has 1 aromatic heterocycles. The third-order valence-electron chi connectivity index (χ3n) is 3.23. The molecule has 116 valence electrons. The molecule has 5 nitrogen and oxygen atoms in total. The van der Waals surface area contributed by atoms with Gasteiger partial charge in [-0.1, -0.05) is 24.3 Å². The van der Waals surface area contributed by atoms with Crippen molar-refractivity contribution in [2.45, 2.75) is 6.92 Å². The van der Waals surface area contributed by atoms with Crippen molar-refractivity contribution in [3.8, 4) is 5.75 Å². The highest BCUT2D eigenvalue weighted by Crippen LogP contribution is 2.21. The van der Waals surface area contributed by atoms with Crippen LogP contribution in [0.3, 0.4) is 0 Å². The first-order valence-corrected chi connectivity index (χ1v) is 7.32. The highest BCUT2D eigenvalue weighted by molar-refractivity contribution is 5.60. The molecule has 3 aromatic rings. The number of methoxy groups -OCH3 is 1. The summed E-state index contributed by atoms with van der Waals surface area (Å²) in [6.07, 6.45) is 0. The minimum atomic E-state index is 0.539. The quantitative estimate of drug-likeness (QED) is 0.736. The van der Waals surface area contributed by atoms with Gasteiger partial charge in [0, 0.05) is 29.2 Å². The number of hydrogen-bond acceptors (Lipinski definition) is 5. The van der Waals surface area contributed by atoms with Gasteiger partial charge in [0.2, 0.25) is 5.95 Å². The fraction of sp³-hybridized carbons (Fsp3) is 0.111. The second kappa shape index (κ2) is 6.79. The van der Waals surface area contributed by atoms with Crippen LogP contribution < -0.4 is 15.4 Å². The number of hydrogen-bond donors (Lipinski definition) is 2. The highest BCUT2D eigenvalue weighted by atomic mass is 16.5. The van der Waals surface area contributed by atoms with E-state index in [0.29, 0.717) is 5.95 Å². The maximum absolute atomic E-state index is 5.23. The zero-order valence-corrected chi connectivity index (χ0v) is 13.1. The van der Waals surface area contributed by atoms with E-state index in [0.717, 1.165) is 28.6 Å². The monoisotopic (exact) mass is 306 g/mol. The lowest BCUT2D eigenvalue weighted by atomic mass is 10.3. The minimum Gasteiger partial charge on any atom is -0.497 e. The molecule has 0 saturated heterocycles. The number of nitrogens with zero attached hydrogens (tertiary/aromatic N) is 2. The molecule has 0 aliphatic carbocycles. The van der Waals surface area contributed by atoms with Crippen LogP contribution in [0.1, 0.15) is 5.69 Å². The van der Waals surface area contributed by atoms with Crippen molar-refractivity contribution in [1.29, 1.82) is 0 Å². The van der Waals surface area contributed by atoms with E-state index in [1.165, 1.54) is 0 Å². The zero-order chi connectivity index (χ0) is 16.1. The smallest absolute Gasteiger partial charge is 0.229 e. The Morgan fingerprint density at radius 2 is 1.61 bits per heavy atom. The molecular formula is C18H18N4O. The SMILES string of the molecule is COc1cccc(Nc2nc(C)cc(Nc3ccccc3)n2)c1. The molecule has 0 bridgehead atoms. The summed E-state index contributed by atoms with van der Waals surface area (Å²) in [7, 11) is 1.64. The molecule has 0 radical (unpaired) electrons. The van der Waals surface area contributed by atoms with E-state index in [1.807, 2.05) is 67.6 Å². The van der Waals surface area contributed by atoms with Gasteiger partial charge in [-0.25, -0.2) is 4.98 Å². The molecular weight excluding hydrogens is 288 g/mol. The van der Waals surface area contributed by atoms with Gasteiger partial charge in [-0.15, -0.1) is 0 Å². The fourth-order valence-corrected chi connectivity index (χ4v) is 2.19. The summed E-state index contributed by atoms with van der Waals surface area (Å²) in [5, 5.41) is 6.48. The molecule has 0 spiro atoms. The van der Waals surface area contributed by atoms with Gasteiger partial charge in [0.05, 0.1) is 7.11 Å². The molecule has 0 unspecified atom stereocenters. The molecule has 3 rings (SSSR count). The van der Waals surface area contributed by atoms with Crippen LogP contribution >= 0.6 is 0 Å². The number of anilines is 4. The average Bonchev–Trinajstić information content (AvgIpc) is 2.55. The Morgan fingerprint density at radius 3 is 2.39 bits per heavy atom. The van der Waals surface area contributed by atoms with Gasteiger partial charge in [0.1, 0.15) is 11.6 Å². The lowest BCUT2D eigenvalue weighted by Crippen LogP contribution is -2.02. The predicted octanol–water partition coefficient (Wildman–Crippen LogP) is 4.28. The standard InChI is InChI=1S/C18H18N4O/c1-13-11-17(20-14-7-4-3-5-8-14)22-18(19-13)21-15-9-6-10-16(12-15)23-2/h3-12H,1-2H3,(H2,19,20,21,22). The molecule has 0 saturated carbocycles. The summed E-state index contributed by atoms with van der Waals surface area (Å²) < 4.78 is 5.23. The van der Waals surface area contributed by atoms with E-state index >= 15 is 0 Å². The number of para-hydroxylation sites is 1. The summed E-state index contributed by atoms with van der Waals surface area (Å²) in [5.41, 5.74) is 2.74. The average molecular weight is 306 g/mol. The summed E-state index contributed by atoms with van der Waals surface area (Å²) in [6.45, 7) is 1.94. The van der Waals surface area contributed by atoms with Crippen molar-refractivity contribution in [2.75, 3.05) is 17.7 Å². The van der Waals surface area contributed by atoms with E-state index in [4.69, 9.17) is 4.74 Å². The van der Waals surface area contributed by atoms with Crippen molar-refractivity contribution in [1.82, 2.24) is 9.97 Å². The Labute approximate surface area is 135 Å². The van der Waals surface area contributed by atoms with Crippen LogP contribution in [0.5, 0.6) is 5.75 Å². The Balaban J connectivity index is 1.82. The van der Waals surface area contributed by atoms with Crippen molar-refractivity contribution in [2.24, 2.45) is 0 Å². The topological polar surface area (TPSA) is 59.1 Å². The molecule has 0 amide bonds. The Kier molecular flexibility index (Phi) is 4.38. The maximum atomic E-state index is 5.23. The van der Waals surface area contributed by atoms with Crippen molar-refractivity contribution in [3.63, 3.8) is 0 Å². The largest absolute Gasteiger partial charge is 0.497 e. The van der Waals surface area contributed by atoms with Gasteiger partial charge in [0.15, 0.2) is 0 Å². The van der Waals surface area contributed by atoms with Crippen LogP contribution in [-0.2, 0) is 0 Å². The second-order valence-corrected chi connectivity index (χ2v) is 5.07. The van der Waals surface area contributed by atoms with Gasteiger partial charge in [-0.05, 0) is 31.2 Å². The van der Waals surface area contributed by atoms with Crippen LogP contribution in [0.4, 0.5) is 23.1 Å². The first kappa shape index (κ1) is 14.8. The van der Waals surface area contributed by atoms with Crippen LogP contribution in [0, 0.1) is 6.92 Å². The number of nitrogens with one attached hydrogen (secondary N) is 2. The minimum absolute atomic E-state index is 0.539. The first-order chi connectivity index (χ1) is 11.2. The van der Waals surface area contributed by atoms with E-state index < -0.39 is 0 Å². The molecule has 2 N–H and O–H groups in total. The summed E-state index contributed by atoms with van der Waals surface area (Å²) in [6, 6.07) is 19.5. The van der Waals surface area contributed by atoms with Crippen LogP contribution in [0.25, 0.3) is 0 Å². The van der Waals surface area contributed by atoms with Crippen molar-refractivity contribution < 1.29 is 4.74 Å². The Hall–Kier alpha value is -3.08. The van der Waals surface area contributed by atoms with Gasteiger partial charge in [0.25, 0.3) is 0 Å². The van der Waals surface area contributed by atoms with Crippen molar-refractivity contribution in [3.05, 3.63) is 66.4 Å². The van der Waals surface area contributed by atoms with E-state index in [2.05, 4.69) is 20.6 Å². The molecule has 23 heavy (non-hydrogen) atoms. The normalized spacial score (nSPS) is 10.2. The van der Waals surface area contributed by atoms with Gasteiger partial charge in [-0.2, -0.15) is 4.98 Å². The maximum Gasteiger partial charge on any atom is 0.229 e. The second-order valence-electron chi connectivity index (χ2n) is 5.07. The highest BCUT2D eigenvalue weighted by Gasteiger charge is 2.04. The lowest BCUT2D eigenvalue weighted by molar-refractivity contribution is 0.415. The third-order valence-corrected chi connectivity index (χ3v) is 3.23. The molecule has 5 heteroatoms. The van der Waals surface area contributed by atoms with Crippen LogP contribution in [0.2, 0.25) is 0 Å². The van der Waals surface area contributed by atoms with Crippen LogP contribution in [-0.4, -0.2) is 17.1 Å². The number of aryl methyl sites for hydroxylation is 1. The fourth-order valence-electron chi connectivity index (χ4n) is 2.19. The molecule has 2 aromatic carbocycles. The number of ether oxygens (including phenoxy) is 1. The van der Waals surface area contributed by atoms with Gasteiger partial charge >= 0.3 is 0 Å². The lowest BCUT2D eigenvalue weighted by Gasteiger charge is -2.10. The third kappa shape index (κ3) is 3.97. The number of rotatable bonds is 5. The van der Waals surface area contributed by atoms with E-state index in [-0.39, 0.29) is 0 Å². The van der Waals surface area contributed by atoms with Crippen LogP contribution in [0.15, 0.2) is 60.7 Å². The van der Waals surface area contributed by atoms with E-state index in [1.54, 1.807) is 7.11 Å². The van der Waals surface area contributed by atoms with E-state index in [9.17, 15) is 0 Å². The molecule has 0 aliphatic rings. The molecule has 0 fully saturated rings. The molecule has 1 heterocycles. The Bertz CT molecular complexity index is 790. The number of aromatic nitrogens is 2. The summed E-state index contributed by atoms with van der Waals surface area (Å²) in [5.74, 6) is 2.07. The first-order valence-electron chi connectivity index (χ1n) is 7.32. The van der Waals surface area contributed by atoms with Gasteiger partial charge in [-0.3, -0.25) is 0 Å². The predicted molar refractivity (Wildman–Crippen MR) is 92.8 cm³/mol. The molecule has 0 aliphatic heterocycles. The van der Waals surface area contributed by atoms with Crippen molar-refractivity contribution >= 4 is 23.1 Å².